The minimum atomic E-state index is -1.09. The maximum absolute atomic E-state index is 13.1. The summed E-state index contributed by atoms with van der Waals surface area (Å²) >= 11 is 17.9. The molecule has 0 aliphatic heterocycles. The first-order valence-electron chi connectivity index (χ1n) is 9.27. The monoisotopic (exact) mass is 455 g/mol. The number of hydrogen-bond donors (Lipinski definition) is 0. The van der Waals surface area contributed by atoms with Crippen molar-refractivity contribution in [3.05, 3.63) is 63.7 Å². The number of benzene rings is 1. The van der Waals surface area contributed by atoms with E-state index in [1.165, 1.54) is 7.11 Å². The quantitative estimate of drug-likeness (QED) is 0.404. The van der Waals surface area contributed by atoms with E-state index in [2.05, 4.69) is 4.98 Å². The molecule has 1 aromatic carbocycles. The van der Waals surface area contributed by atoms with Crippen LogP contribution in [0.25, 0.3) is 0 Å². The Morgan fingerprint density at radius 1 is 1.17 bits per heavy atom. The number of nitrogens with zero attached hydrogens (tertiary/aromatic N) is 1. The summed E-state index contributed by atoms with van der Waals surface area (Å²) in [6.45, 7) is 5.86. The summed E-state index contributed by atoms with van der Waals surface area (Å²) in [6.07, 6.45) is 2.29. The van der Waals surface area contributed by atoms with Gasteiger partial charge in [0.1, 0.15) is 15.7 Å². The molecule has 0 amide bonds. The fourth-order valence-corrected chi connectivity index (χ4v) is 4.05. The molecule has 1 aromatic heterocycles. The predicted octanol–water partition coefficient (Wildman–Crippen LogP) is 6.94. The molecular weight excluding hydrogens is 433 g/mol. The normalized spacial score (nSPS) is 14.1. The molecule has 0 aliphatic carbocycles. The third-order valence-electron chi connectivity index (χ3n) is 4.97. The number of aromatic nitrogens is 1. The van der Waals surface area contributed by atoms with E-state index in [0.29, 0.717) is 28.8 Å². The summed E-state index contributed by atoms with van der Waals surface area (Å²) in [5.74, 6) is 0.0687. The molecule has 0 fully saturated rings. The number of halogens is 3. The average molecular weight is 457 g/mol. The van der Waals surface area contributed by atoms with Crippen molar-refractivity contribution in [3.63, 3.8) is 0 Å². The van der Waals surface area contributed by atoms with Crippen molar-refractivity contribution in [1.82, 2.24) is 4.98 Å². The number of methoxy groups -OCH3 is 1. The minimum absolute atomic E-state index is 0.0966. The second kappa shape index (κ2) is 10.3. The van der Waals surface area contributed by atoms with Crippen molar-refractivity contribution in [2.24, 2.45) is 11.8 Å². The van der Waals surface area contributed by atoms with Crippen LogP contribution in [0.15, 0.2) is 53.0 Å². The number of rotatable bonds is 8. The van der Waals surface area contributed by atoms with Crippen LogP contribution in [0.4, 0.5) is 0 Å². The topological polar surface area (TPSA) is 48.4 Å². The van der Waals surface area contributed by atoms with E-state index in [-0.39, 0.29) is 16.3 Å². The Bertz CT molecular complexity index is 864. The Hall–Kier alpha value is -1.75. The van der Waals surface area contributed by atoms with E-state index in [0.717, 1.165) is 0 Å². The zero-order valence-electron chi connectivity index (χ0n) is 16.8. The van der Waals surface area contributed by atoms with Gasteiger partial charge in [-0.05, 0) is 48.7 Å². The third-order valence-corrected chi connectivity index (χ3v) is 5.47. The van der Waals surface area contributed by atoms with E-state index in [4.69, 9.17) is 44.3 Å². The fourth-order valence-electron chi connectivity index (χ4n) is 3.62. The van der Waals surface area contributed by atoms with E-state index in [1.54, 1.807) is 48.5 Å². The molecule has 0 bridgehead atoms. The molecule has 0 saturated carbocycles. The number of pyridine rings is 1. The lowest BCUT2D eigenvalue weighted by Gasteiger charge is -2.39. The molecule has 0 aliphatic rings. The van der Waals surface area contributed by atoms with Gasteiger partial charge in [0.15, 0.2) is 0 Å². The molecule has 2 atom stereocenters. The van der Waals surface area contributed by atoms with Crippen LogP contribution >= 0.6 is 34.8 Å². The predicted molar refractivity (Wildman–Crippen MR) is 118 cm³/mol. The summed E-state index contributed by atoms with van der Waals surface area (Å²) < 4.78 is 11.2. The van der Waals surface area contributed by atoms with Gasteiger partial charge in [-0.1, -0.05) is 61.6 Å². The standard InChI is InChI=1S/C22H24Cl3NO3/c1-5-15(13-19(24)25)22(14(2)3,21(27)28-4)18-7-6-8-20(26-18)29-17-11-9-16(23)10-12-17/h6-15H,5H2,1-4H3. The summed E-state index contributed by atoms with van der Waals surface area (Å²) in [7, 11) is 1.37. The molecule has 29 heavy (non-hydrogen) atoms. The van der Waals surface area contributed by atoms with Crippen LogP contribution in [-0.4, -0.2) is 18.1 Å². The largest absolute Gasteiger partial charge is 0.468 e. The number of carbonyl (C=O) groups excluding carboxylic acids is 1. The smallest absolute Gasteiger partial charge is 0.318 e. The van der Waals surface area contributed by atoms with Gasteiger partial charge in [0.05, 0.1) is 12.8 Å². The van der Waals surface area contributed by atoms with Crippen molar-refractivity contribution in [2.45, 2.75) is 32.6 Å². The van der Waals surface area contributed by atoms with Crippen molar-refractivity contribution in [2.75, 3.05) is 7.11 Å². The highest BCUT2D eigenvalue weighted by Gasteiger charge is 2.51. The summed E-state index contributed by atoms with van der Waals surface area (Å²) in [5.41, 5.74) is -0.554. The lowest BCUT2D eigenvalue weighted by atomic mass is 9.64. The zero-order chi connectivity index (χ0) is 21.6. The molecule has 0 spiro atoms. The molecular formula is C22H24Cl3NO3. The van der Waals surface area contributed by atoms with Gasteiger partial charge in [-0.15, -0.1) is 0 Å². The Balaban J connectivity index is 2.60. The van der Waals surface area contributed by atoms with E-state index in [1.807, 2.05) is 20.8 Å². The van der Waals surface area contributed by atoms with Crippen LogP contribution in [-0.2, 0) is 14.9 Å². The number of ether oxygens (including phenoxy) is 2. The second-order valence-electron chi connectivity index (χ2n) is 6.90. The van der Waals surface area contributed by atoms with Gasteiger partial charge < -0.3 is 9.47 Å². The van der Waals surface area contributed by atoms with Crippen LogP contribution in [0.5, 0.6) is 11.6 Å². The Labute approximate surface area is 186 Å². The van der Waals surface area contributed by atoms with Crippen LogP contribution in [0, 0.1) is 11.8 Å². The van der Waals surface area contributed by atoms with Crippen molar-refractivity contribution in [1.29, 1.82) is 0 Å². The number of hydrogen-bond acceptors (Lipinski definition) is 4. The Morgan fingerprint density at radius 2 is 1.83 bits per heavy atom. The highest BCUT2D eigenvalue weighted by molar-refractivity contribution is 6.55. The first-order valence-corrected chi connectivity index (χ1v) is 10.4. The summed E-state index contributed by atoms with van der Waals surface area (Å²) in [6, 6.07) is 12.3. The molecule has 0 N–H and O–H groups in total. The molecule has 4 nitrogen and oxygen atoms in total. The lowest BCUT2D eigenvalue weighted by molar-refractivity contribution is -0.152. The Morgan fingerprint density at radius 3 is 2.34 bits per heavy atom. The van der Waals surface area contributed by atoms with Gasteiger partial charge in [0.2, 0.25) is 5.88 Å². The maximum Gasteiger partial charge on any atom is 0.318 e. The molecule has 0 radical (unpaired) electrons. The molecule has 156 valence electrons. The van der Waals surface area contributed by atoms with E-state index >= 15 is 0 Å². The fraction of sp³-hybridized carbons (Fsp3) is 0.364. The molecule has 7 heteroatoms. The first kappa shape index (κ1) is 23.5. The van der Waals surface area contributed by atoms with Crippen LogP contribution < -0.4 is 4.74 Å². The summed E-state index contributed by atoms with van der Waals surface area (Å²) in [4.78, 5) is 17.8. The third kappa shape index (κ3) is 5.25. The molecule has 1 heterocycles. The van der Waals surface area contributed by atoms with Crippen molar-refractivity contribution in [3.8, 4) is 11.6 Å². The van der Waals surface area contributed by atoms with E-state index < -0.39 is 11.4 Å². The van der Waals surface area contributed by atoms with Gasteiger partial charge in [-0.3, -0.25) is 4.79 Å². The molecule has 2 rings (SSSR count). The van der Waals surface area contributed by atoms with Gasteiger partial charge >= 0.3 is 5.97 Å². The molecule has 0 saturated heterocycles. The zero-order valence-corrected chi connectivity index (χ0v) is 19.1. The number of allylic oxidation sites excluding steroid dienone is 1. The second-order valence-corrected chi connectivity index (χ2v) is 8.35. The summed E-state index contributed by atoms with van der Waals surface area (Å²) in [5, 5.41) is 0.610. The van der Waals surface area contributed by atoms with Crippen LogP contribution in [0.2, 0.25) is 5.02 Å². The number of esters is 1. The molecule has 2 unspecified atom stereocenters. The van der Waals surface area contributed by atoms with Crippen molar-refractivity contribution >= 4 is 40.8 Å². The highest BCUT2D eigenvalue weighted by Crippen LogP contribution is 2.44. The molecule has 2 aromatic rings. The Kier molecular flexibility index (Phi) is 8.38. The lowest BCUT2D eigenvalue weighted by Crippen LogP contribution is -2.48. The van der Waals surface area contributed by atoms with Gasteiger partial charge in [0.25, 0.3) is 0 Å². The van der Waals surface area contributed by atoms with Gasteiger partial charge in [-0.25, -0.2) is 4.98 Å². The van der Waals surface area contributed by atoms with Crippen LogP contribution in [0.1, 0.15) is 32.9 Å². The number of carbonyl (C=O) groups is 1. The van der Waals surface area contributed by atoms with E-state index in [9.17, 15) is 4.79 Å². The van der Waals surface area contributed by atoms with Crippen LogP contribution in [0.3, 0.4) is 0 Å². The first-order chi connectivity index (χ1) is 13.7. The highest BCUT2D eigenvalue weighted by atomic mass is 35.5. The maximum atomic E-state index is 13.1. The van der Waals surface area contributed by atoms with Crippen molar-refractivity contribution < 1.29 is 14.3 Å². The SMILES string of the molecule is CCC(C=C(Cl)Cl)C(C(=O)OC)(c1cccc(Oc2ccc(Cl)cc2)n1)C(C)C. The minimum Gasteiger partial charge on any atom is -0.468 e. The van der Waals surface area contributed by atoms with Gasteiger partial charge in [0, 0.05) is 17.0 Å². The average Bonchev–Trinajstić information content (AvgIpc) is 2.69. The van der Waals surface area contributed by atoms with Gasteiger partial charge in [-0.2, -0.15) is 0 Å².